The predicted octanol–water partition coefficient (Wildman–Crippen LogP) is 3.21. The molecule has 2 atom stereocenters. The highest BCUT2D eigenvalue weighted by atomic mass is 14.9. The highest BCUT2D eigenvalue weighted by Gasteiger charge is 2.39. The van der Waals surface area contributed by atoms with Crippen molar-refractivity contribution in [2.75, 3.05) is 13.1 Å². The molecule has 1 fully saturated rings. The van der Waals surface area contributed by atoms with Crippen LogP contribution in [0, 0.1) is 5.41 Å². The van der Waals surface area contributed by atoms with Crippen LogP contribution in [0.1, 0.15) is 31.7 Å². The first kappa shape index (κ1) is 12.8. The Labute approximate surface area is 124 Å². The van der Waals surface area contributed by atoms with Crippen molar-refractivity contribution >= 4 is 21.9 Å². The average molecular weight is 280 g/mol. The van der Waals surface area contributed by atoms with E-state index in [0.717, 1.165) is 29.6 Å². The summed E-state index contributed by atoms with van der Waals surface area (Å²) in [6, 6.07) is 4.31. The molecule has 3 aromatic rings. The number of aromatic nitrogens is 3. The Morgan fingerprint density at radius 1 is 1.33 bits per heavy atom. The summed E-state index contributed by atoms with van der Waals surface area (Å²) in [5, 5.41) is 6.02. The van der Waals surface area contributed by atoms with Gasteiger partial charge in [0.1, 0.15) is 0 Å². The minimum absolute atomic E-state index is 0.309. The monoisotopic (exact) mass is 280 g/mol. The summed E-state index contributed by atoms with van der Waals surface area (Å²) < 4.78 is 0. The first-order chi connectivity index (χ1) is 10.2. The second-order valence-corrected chi connectivity index (χ2v) is 6.35. The molecule has 0 bridgehead atoms. The van der Waals surface area contributed by atoms with Gasteiger partial charge in [0, 0.05) is 42.2 Å². The molecule has 4 heterocycles. The molecule has 2 N–H and O–H groups in total. The Hall–Kier alpha value is -1.94. The molecule has 1 aliphatic heterocycles. The first-order valence-corrected chi connectivity index (χ1v) is 7.64. The predicted molar refractivity (Wildman–Crippen MR) is 85.4 cm³/mol. The van der Waals surface area contributed by atoms with Crippen LogP contribution in [0.25, 0.3) is 21.9 Å². The molecule has 4 nitrogen and oxygen atoms in total. The Balaban J connectivity index is 2.02. The summed E-state index contributed by atoms with van der Waals surface area (Å²) in [5.41, 5.74) is 3.66. The van der Waals surface area contributed by atoms with Gasteiger partial charge in [0.25, 0.3) is 0 Å². The number of pyridine rings is 2. The number of H-pyrrole nitrogens is 1. The maximum atomic E-state index is 4.44. The standard InChI is InChI=1S/C17H20N4/c1-3-17(2)10-18-8-13(17)11-4-6-19-14-9-21-16-12(15(11)14)5-7-20-16/h4-7,9,13,18-19H,3,8,10H2,1-2H3/t13?,17-/m0/s1. The fraction of sp³-hybridized carbons (Fsp3) is 0.412. The van der Waals surface area contributed by atoms with Gasteiger partial charge in [0.05, 0.1) is 11.7 Å². The molecule has 0 aliphatic carbocycles. The van der Waals surface area contributed by atoms with Crippen molar-refractivity contribution in [3.05, 3.63) is 36.3 Å². The summed E-state index contributed by atoms with van der Waals surface area (Å²) in [6.45, 7) is 6.81. The van der Waals surface area contributed by atoms with Gasteiger partial charge >= 0.3 is 0 Å². The van der Waals surface area contributed by atoms with Crippen LogP contribution in [-0.4, -0.2) is 28.0 Å². The van der Waals surface area contributed by atoms with Crippen LogP contribution in [0.15, 0.2) is 30.7 Å². The van der Waals surface area contributed by atoms with E-state index in [1.165, 1.54) is 17.4 Å². The van der Waals surface area contributed by atoms with Gasteiger partial charge in [-0.25, -0.2) is 9.97 Å². The van der Waals surface area contributed by atoms with Crippen LogP contribution in [0.5, 0.6) is 0 Å². The number of aromatic amines is 1. The third-order valence-corrected chi connectivity index (χ3v) is 5.23. The summed E-state index contributed by atoms with van der Waals surface area (Å²) in [5.74, 6) is 0.528. The third kappa shape index (κ3) is 1.79. The lowest BCUT2D eigenvalue weighted by Crippen LogP contribution is -2.24. The van der Waals surface area contributed by atoms with Gasteiger partial charge in [0.2, 0.25) is 0 Å². The normalized spacial score (nSPS) is 25.9. The second kappa shape index (κ2) is 4.53. The van der Waals surface area contributed by atoms with E-state index in [9.17, 15) is 0 Å². The van der Waals surface area contributed by atoms with Crippen LogP contribution < -0.4 is 5.32 Å². The van der Waals surface area contributed by atoms with Crippen molar-refractivity contribution in [3.63, 3.8) is 0 Å². The van der Waals surface area contributed by atoms with E-state index in [1.54, 1.807) is 0 Å². The van der Waals surface area contributed by atoms with Crippen molar-refractivity contribution in [2.45, 2.75) is 26.2 Å². The molecule has 3 aromatic heterocycles. The van der Waals surface area contributed by atoms with Gasteiger partial charge in [-0.2, -0.15) is 0 Å². The van der Waals surface area contributed by atoms with E-state index >= 15 is 0 Å². The molecule has 0 spiro atoms. The zero-order chi connectivity index (χ0) is 14.4. The molecule has 0 saturated carbocycles. The zero-order valence-electron chi connectivity index (χ0n) is 12.5. The van der Waals surface area contributed by atoms with E-state index in [4.69, 9.17) is 0 Å². The van der Waals surface area contributed by atoms with E-state index in [2.05, 4.69) is 46.2 Å². The number of nitrogens with one attached hydrogen (secondary N) is 2. The lowest BCUT2D eigenvalue weighted by atomic mass is 9.73. The number of rotatable bonds is 2. The molecule has 1 saturated heterocycles. The maximum Gasteiger partial charge on any atom is 0.159 e. The van der Waals surface area contributed by atoms with Crippen molar-refractivity contribution in [2.24, 2.45) is 5.41 Å². The highest BCUT2D eigenvalue weighted by molar-refractivity contribution is 6.05. The quantitative estimate of drug-likeness (QED) is 0.758. The molecule has 0 radical (unpaired) electrons. The minimum Gasteiger partial charge on any atom is -0.360 e. The Kier molecular flexibility index (Phi) is 2.76. The van der Waals surface area contributed by atoms with E-state index in [-0.39, 0.29) is 0 Å². The lowest BCUT2D eigenvalue weighted by Gasteiger charge is -2.30. The highest BCUT2D eigenvalue weighted by Crippen LogP contribution is 2.44. The Morgan fingerprint density at radius 2 is 2.24 bits per heavy atom. The van der Waals surface area contributed by atoms with Gasteiger partial charge in [-0.1, -0.05) is 13.8 Å². The molecule has 1 unspecified atom stereocenters. The molecule has 0 amide bonds. The lowest BCUT2D eigenvalue weighted by molar-refractivity contribution is 0.310. The van der Waals surface area contributed by atoms with Crippen molar-refractivity contribution < 1.29 is 0 Å². The Bertz CT molecular complexity index is 807. The van der Waals surface area contributed by atoms with Crippen LogP contribution in [0.2, 0.25) is 0 Å². The van der Waals surface area contributed by atoms with Crippen LogP contribution in [0.3, 0.4) is 0 Å². The van der Waals surface area contributed by atoms with Crippen molar-refractivity contribution in [1.29, 1.82) is 0 Å². The van der Waals surface area contributed by atoms with Crippen LogP contribution in [0.4, 0.5) is 0 Å². The summed E-state index contributed by atoms with van der Waals surface area (Å²) in [6.07, 6.45) is 6.97. The Morgan fingerprint density at radius 3 is 3.10 bits per heavy atom. The summed E-state index contributed by atoms with van der Waals surface area (Å²) in [4.78, 5) is 12.1. The minimum atomic E-state index is 0.309. The fourth-order valence-electron chi connectivity index (χ4n) is 3.70. The maximum absolute atomic E-state index is 4.44. The summed E-state index contributed by atoms with van der Waals surface area (Å²) >= 11 is 0. The summed E-state index contributed by atoms with van der Waals surface area (Å²) in [7, 11) is 0. The second-order valence-electron chi connectivity index (χ2n) is 6.35. The molecule has 4 rings (SSSR count). The van der Waals surface area contributed by atoms with Crippen LogP contribution in [-0.2, 0) is 0 Å². The van der Waals surface area contributed by atoms with Gasteiger partial charge in [-0.3, -0.25) is 0 Å². The topological polar surface area (TPSA) is 53.6 Å². The zero-order valence-corrected chi connectivity index (χ0v) is 12.5. The number of fused-ring (bicyclic) bond motifs is 3. The van der Waals surface area contributed by atoms with Crippen molar-refractivity contribution in [1.82, 2.24) is 20.3 Å². The first-order valence-electron chi connectivity index (χ1n) is 7.64. The molecule has 21 heavy (non-hydrogen) atoms. The van der Waals surface area contributed by atoms with Gasteiger partial charge in [0.15, 0.2) is 5.65 Å². The van der Waals surface area contributed by atoms with E-state index in [1.807, 2.05) is 18.6 Å². The molecular weight excluding hydrogens is 260 g/mol. The number of hydrogen-bond donors (Lipinski definition) is 2. The third-order valence-electron chi connectivity index (χ3n) is 5.23. The molecule has 1 aliphatic rings. The SMILES string of the molecule is CC[C@@]1(C)CNCC1c1cc[nH]c2cnc3nccc3c12. The largest absolute Gasteiger partial charge is 0.360 e. The van der Waals surface area contributed by atoms with Crippen molar-refractivity contribution in [3.8, 4) is 0 Å². The van der Waals surface area contributed by atoms with Gasteiger partial charge in [-0.15, -0.1) is 0 Å². The average Bonchev–Trinajstić information content (AvgIpc) is 3.13. The number of hydrogen-bond acceptors (Lipinski definition) is 3. The molecular formula is C17H20N4. The van der Waals surface area contributed by atoms with Gasteiger partial charge in [-0.05, 0) is 29.5 Å². The molecule has 0 aromatic carbocycles. The van der Waals surface area contributed by atoms with E-state index in [0.29, 0.717) is 11.3 Å². The fourth-order valence-corrected chi connectivity index (χ4v) is 3.70. The smallest absolute Gasteiger partial charge is 0.159 e. The number of nitrogens with zero attached hydrogens (tertiary/aromatic N) is 2. The van der Waals surface area contributed by atoms with Crippen LogP contribution >= 0.6 is 0 Å². The molecule has 4 heteroatoms. The molecule has 108 valence electrons. The van der Waals surface area contributed by atoms with E-state index < -0.39 is 0 Å². The van der Waals surface area contributed by atoms with Gasteiger partial charge < -0.3 is 10.3 Å².